The monoisotopic (exact) mass is 456 g/mol. The van der Waals surface area contributed by atoms with Gasteiger partial charge >= 0.3 is 0 Å². The second kappa shape index (κ2) is 7.56. The first-order chi connectivity index (χ1) is 16.1. The maximum absolute atomic E-state index is 13.7. The minimum Gasteiger partial charge on any atom is -0.497 e. The SMILES string of the molecule is COc1cccc(Cn2c3cc(C)sc3c3cnn(Cn4nnc5ccccc54)c(=O)c32)c1. The lowest BCUT2D eigenvalue weighted by atomic mass is 10.2. The Morgan fingerprint density at radius 1 is 1.03 bits per heavy atom. The van der Waals surface area contributed by atoms with Crippen LogP contribution in [0.15, 0.2) is 65.6 Å². The molecule has 6 rings (SSSR count). The Labute approximate surface area is 192 Å². The van der Waals surface area contributed by atoms with Gasteiger partial charge in [-0.1, -0.05) is 29.5 Å². The molecule has 0 saturated heterocycles. The lowest BCUT2D eigenvalue weighted by Gasteiger charge is -2.10. The molecule has 0 aliphatic carbocycles. The molecule has 0 bridgehead atoms. The average molecular weight is 457 g/mol. The zero-order chi connectivity index (χ0) is 22.5. The Morgan fingerprint density at radius 3 is 2.79 bits per heavy atom. The van der Waals surface area contributed by atoms with Crippen LogP contribution in [-0.2, 0) is 13.2 Å². The maximum atomic E-state index is 13.7. The van der Waals surface area contributed by atoms with Gasteiger partial charge in [0.1, 0.15) is 23.5 Å². The number of rotatable bonds is 5. The smallest absolute Gasteiger partial charge is 0.293 e. The Morgan fingerprint density at radius 2 is 1.91 bits per heavy atom. The zero-order valence-corrected chi connectivity index (χ0v) is 18.9. The van der Waals surface area contributed by atoms with Crippen LogP contribution in [0.25, 0.3) is 32.2 Å². The summed E-state index contributed by atoms with van der Waals surface area (Å²) in [6, 6.07) is 17.7. The van der Waals surface area contributed by atoms with Crippen molar-refractivity contribution in [3.8, 4) is 5.75 Å². The van der Waals surface area contributed by atoms with Gasteiger partial charge in [-0.2, -0.15) is 5.10 Å². The summed E-state index contributed by atoms with van der Waals surface area (Å²) < 4.78 is 11.7. The van der Waals surface area contributed by atoms with E-state index < -0.39 is 0 Å². The highest BCUT2D eigenvalue weighted by Gasteiger charge is 2.19. The van der Waals surface area contributed by atoms with E-state index in [-0.39, 0.29) is 12.2 Å². The van der Waals surface area contributed by atoms with E-state index in [0.717, 1.165) is 37.9 Å². The Bertz CT molecular complexity index is 1710. The summed E-state index contributed by atoms with van der Waals surface area (Å²) in [6.45, 7) is 2.82. The van der Waals surface area contributed by atoms with Crippen molar-refractivity contribution in [2.24, 2.45) is 0 Å². The maximum Gasteiger partial charge on any atom is 0.293 e. The van der Waals surface area contributed by atoms with Gasteiger partial charge < -0.3 is 9.30 Å². The Balaban J connectivity index is 1.52. The van der Waals surface area contributed by atoms with Gasteiger partial charge in [0.2, 0.25) is 0 Å². The van der Waals surface area contributed by atoms with Crippen LogP contribution < -0.4 is 10.3 Å². The third-order valence-corrected chi connectivity index (χ3v) is 6.90. The predicted octanol–water partition coefficient (Wildman–Crippen LogP) is 4.03. The number of hydrogen-bond donors (Lipinski definition) is 0. The van der Waals surface area contributed by atoms with Gasteiger partial charge in [0.25, 0.3) is 5.56 Å². The highest BCUT2D eigenvalue weighted by atomic mass is 32.1. The van der Waals surface area contributed by atoms with Crippen LogP contribution in [0.1, 0.15) is 10.4 Å². The number of thiophene rings is 1. The van der Waals surface area contributed by atoms with E-state index in [4.69, 9.17) is 4.74 Å². The van der Waals surface area contributed by atoms with Crippen LogP contribution in [0.2, 0.25) is 0 Å². The molecule has 2 aromatic carbocycles. The number of para-hydroxylation sites is 1. The summed E-state index contributed by atoms with van der Waals surface area (Å²) in [5.41, 5.74) is 4.22. The molecule has 0 unspecified atom stereocenters. The minimum atomic E-state index is -0.156. The molecule has 0 aliphatic heterocycles. The number of aromatic nitrogens is 6. The molecule has 0 spiro atoms. The number of benzene rings is 2. The van der Waals surface area contributed by atoms with E-state index in [0.29, 0.717) is 12.1 Å². The molecular weight excluding hydrogens is 436 g/mol. The summed E-state index contributed by atoms with van der Waals surface area (Å²) in [4.78, 5) is 14.9. The molecular formula is C24H20N6O2S. The molecule has 0 N–H and O–H groups in total. The van der Waals surface area contributed by atoms with Gasteiger partial charge in [-0.15, -0.1) is 16.4 Å². The van der Waals surface area contributed by atoms with E-state index in [9.17, 15) is 4.79 Å². The summed E-state index contributed by atoms with van der Waals surface area (Å²) >= 11 is 1.68. The largest absolute Gasteiger partial charge is 0.497 e. The highest BCUT2D eigenvalue weighted by Crippen LogP contribution is 2.34. The third kappa shape index (κ3) is 3.20. The standard InChI is InChI=1S/C24H20N6O2S/c1-15-10-21-23(33-15)18-12-25-30(14-29-20-9-4-3-8-19(20)26-27-29)24(31)22(18)28(21)13-16-6-5-7-17(11-16)32-2/h3-12H,13-14H2,1-2H3. The first-order valence-corrected chi connectivity index (χ1v) is 11.3. The van der Waals surface area contributed by atoms with E-state index in [1.54, 1.807) is 29.3 Å². The summed E-state index contributed by atoms with van der Waals surface area (Å²) in [5.74, 6) is 0.791. The van der Waals surface area contributed by atoms with Crippen molar-refractivity contribution in [1.82, 2.24) is 29.3 Å². The van der Waals surface area contributed by atoms with Crippen LogP contribution in [0.4, 0.5) is 0 Å². The second-order valence-corrected chi connectivity index (χ2v) is 9.20. The minimum absolute atomic E-state index is 0.156. The van der Waals surface area contributed by atoms with Crippen molar-refractivity contribution < 1.29 is 4.74 Å². The predicted molar refractivity (Wildman–Crippen MR) is 129 cm³/mol. The number of aryl methyl sites for hydroxylation is 1. The van der Waals surface area contributed by atoms with Crippen LogP contribution in [-0.4, -0.2) is 36.5 Å². The van der Waals surface area contributed by atoms with Crippen molar-refractivity contribution in [2.75, 3.05) is 7.11 Å². The van der Waals surface area contributed by atoms with Crippen LogP contribution in [0.5, 0.6) is 5.75 Å². The quantitative estimate of drug-likeness (QED) is 0.391. The van der Waals surface area contributed by atoms with Gasteiger partial charge in [-0.05, 0) is 42.8 Å². The normalized spacial score (nSPS) is 11.7. The molecule has 0 radical (unpaired) electrons. The number of nitrogens with zero attached hydrogens (tertiary/aromatic N) is 6. The molecule has 8 nitrogen and oxygen atoms in total. The van der Waals surface area contributed by atoms with Gasteiger partial charge in [-0.25, -0.2) is 9.36 Å². The third-order valence-electron chi connectivity index (χ3n) is 5.82. The first-order valence-electron chi connectivity index (χ1n) is 10.5. The fourth-order valence-corrected chi connectivity index (χ4v) is 5.31. The topological polar surface area (TPSA) is 79.8 Å². The fourth-order valence-electron chi connectivity index (χ4n) is 4.29. The van der Waals surface area contributed by atoms with Crippen molar-refractivity contribution in [2.45, 2.75) is 20.1 Å². The number of fused-ring (bicyclic) bond motifs is 4. The summed E-state index contributed by atoms with van der Waals surface area (Å²) in [5, 5.41) is 13.8. The van der Waals surface area contributed by atoms with E-state index in [1.165, 1.54) is 9.56 Å². The number of hydrogen-bond acceptors (Lipinski definition) is 6. The van der Waals surface area contributed by atoms with Crippen molar-refractivity contribution >= 4 is 43.5 Å². The van der Waals surface area contributed by atoms with Crippen molar-refractivity contribution in [3.63, 3.8) is 0 Å². The van der Waals surface area contributed by atoms with Gasteiger partial charge in [0.05, 0.1) is 29.0 Å². The molecule has 0 aliphatic rings. The van der Waals surface area contributed by atoms with E-state index in [1.807, 2.05) is 48.5 Å². The van der Waals surface area contributed by atoms with Gasteiger partial charge in [0, 0.05) is 16.8 Å². The van der Waals surface area contributed by atoms with E-state index in [2.05, 4.69) is 33.0 Å². The van der Waals surface area contributed by atoms with Crippen LogP contribution in [0, 0.1) is 6.92 Å². The first kappa shape index (κ1) is 19.7. The molecule has 4 aromatic heterocycles. The lowest BCUT2D eigenvalue weighted by Crippen LogP contribution is -2.27. The highest BCUT2D eigenvalue weighted by molar-refractivity contribution is 7.20. The summed E-state index contributed by atoms with van der Waals surface area (Å²) in [7, 11) is 1.66. The van der Waals surface area contributed by atoms with Crippen LogP contribution in [0.3, 0.4) is 0 Å². The Kier molecular flexibility index (Phi) is 4.51. The number of methoxy groups -OCH3 is 1. The molecule has 6 aromatic rings. The second-order valence-electron chi connectivity index (χ2n) is 7.94. The molecule has 4 heterocycles. The molecule has 0 atom stereocenters. The zero-order valence-electron chi connectivity index (χ0n) is 18.1. The van der Waals surface area contributed by atoms with Gasteiger partial charge in [0.15, 0.2) is 0 Å². The summed E-state index contributed by atoms with van der Waals surface area (Å²) in [6.07, 6.45) is 1.79. The molecule has 0 amide bonds. The number of ether oxygens (including phenoxy) is 1. The van der Waals surface area contributed by atoms with Gasteiger partial charge in [-0.3, -0.25) is 4.79 Å². The van der Waals surface area contributed by atoms with Crippen molar-refractivity contribution in [1.29, 1.82) is 0 Å². The molecule has 33 heavy (non-hydrogen) atoms. The Hall–Kier alpha value is -3.98. The average Bonchev–Trinajstić information content (AvgIpc) is 3.49. The lowest BCUT2D eigenvalue weighted by molar-refractivity contribution is 0.414. The molecule has 0 saturated carbocycles. The molecule has 164 valence electrons. The van der Waals surface area contributed by atoms with Crippen LogP contribution >= 0.6 is 11.3 Å². The molecule has 9 heteroatoms. The van der Waals surface area contributed by atoms with E-state index >= 15 is 0 Å². The fraction of sp³-hybridized carbons (Fsp3) is 0.167. The molecule has 0 fully saturated rings. The van der Waals surface area contributed by atoms with Crippen molar-refractivity contribution in [3.05, 3.63) is 81.6 Å².